The summed E-state index contributed by atoms with van der Waals surface area (Å²) in [6.07, 6.45) is -0.151. The number of hydrogen-bond donors (Lipinski definition) is 1. The van der Waals surface area contributed by atoms with Gasteiger partial charge in [-0.05, 0) is 23.5 Å². The van der Waals surface area contributed by atoms with Crippen LogP contribution in [0.25, 0.3) is 0 Å². The monoisotopic (exact) mass is 224 g/mol. The molecule has 0 aliphatic carbocycles. The fraction of sp³-hybridized carbons (Fsp3) is 0.143. The van der Waals surface area contributed by atoms with Gasteiger partial charge in [0.1, 0.15) is 0 Å². The Morgan fingerprint density at radius 3 is 2.53 bits per heavy atom. The third kappa shape index (κ3) is 1.77. The molecule has 1 aliphatic rings. The molecule has 0 aromatic heterocycles. The third-order valence-corrected chi connectivity index (χ3v) is 3.19. The molecule has 3 rings (SSSR count). The van der Waals surface area contributed by atoms with Crippen LogP contribution in [0.3, 0.4) is 0 Å². The minimum atomic E-state index is -0.808. The Hall–Kier alpha value is -1.58. The lowest BCUT2D eigenvalue weighted by Gasteiger charge is -2.12. The van der Waals surface area contributed by atoms with Crippen molar-refractivity contribution in [2.75, 3.05) is 0 Å². The van der Waals surface area contributed by atoms with E-state index in [1.807, 2.05) is 24.3 Å². The summed E-state index contributed by atoms with van der Waals surface area (Å²) in [5.74, 6) is 0. The molecular weight excluding hydrogens is 211 g/mol. The number of benzene rings is 2. The Morgan fingerprint density at radius 1 is 1.06 bits per heavy atom. The van der Waals surface area contributed by atoms with Crippen LogP contribution in [-0.2, 0) is 4.65 Å². The van der Waals surface area contributed by atoms with E-state index >= 15 is 0 Å². The second-order valence-electron chi connectivity index (χ2n) is 4.41. The van der Waals surface area contributed by atoms with Crippen molar-refractivity contribution in [2.24, 2.45) is 0 Å². The summed E-state index contributed by atoms with van der Waals surface area (Å²) in [6, 6.07) is 16.0. The summed E-state index contributed by atoms with van der Waals surface area (Å²) in [6.45, 7) is 2.06. The molecule has 1 aliphatic heterocycles. The molecule has 3 heteroatoms. The highest BCUT2D eigenvalue weighted by molar-refractivity contribution is 6.61. The van der Waals surface area contributed by atoms with Crippen LogP contribution in [0, 0.1) is 6.92 Å². The van der Waals surface area contributed by atoms with Gasteiger partial charge in [-0.2, -0.15) is 0 Å². The highest BCUT2D eigenvalue weighted by Crippen LogP contribution is 2.30. The lowest BCUT2D eigenvalue weighted by atomic mass is 9.79. The average molecular weight is 224 g/mol. The first-order valence-corrected chi connectivity index (χ1v) is 5.74. The van der Waals surface area contributed by atoms with Gasteiger partial charge in [0.05, 0.1) is 6.10 Å². The maximum Gasteiger partial charge on any atom is 0.492 e. The highest BCUT2D eigenvalue weighted by atomic mass is 16.5. The van der Waals surface area contributed by atoms with Crippen LogP contribution in [0.1, 0.15) is 22.8 Å². The molecular formula is C14H13BO2. The summed E-state index contributed by atoms with van der Waals surface area (Å²) >= 11 is 0. The van der Waals surface area contributed by atoms with E-state index in [1.54, 1.807) is 0 Å². The number of hydrogen-bond acceptors (Lipinski definition) is 2. The number of aryl methyl sites for hydroxylation is 1. The van der Waals surface area contributed by atoms with Crippen LogP contribution in [0.15, 0.2) is 48.5 Å². The van der Waals surface area contributed by atoms with E-state index in [0.717, 1.165) is 16.6 Å². The molecule has 1 heterocycles. The zero-order valence-electron chi connectivity index (χ0n) is 9.63. The van der Waals surface area contributed by atoms with Crippen molar-refractivity contribution in [2.45, 2.75) is 13.0 Å². The number of rotatable bonds is 1. The van der Waals surface area contributed by atoms with Gasteiger partial charge >= 0.3 is 7.12 Å². The molecule has 1 atom stereocenters. The summed E-state index contributed by atoms with van der Waals surface area (Å²) in [5.41, 5.74) is 4.24. The maximum atomic E-state index is 9.85. The van der Waals surface area contributed by atoms with Crippen molar-refractivity contribution in [1.82, 2.24) is 0 Å². The fourth-order valence-electron chi connectivity index (χ4n) is 2.25. The summed E-state index contributed by atoms with van der Waals surface area (Å²) < 4.78 is 5.61. The zero-order chi connectivity index (χ0) is 11.8. The second-order valence-corrected chi connectivity index (χ2v) is 4.41. The smallest absolute Gasteiger partial charge is 0.423 e. The molecule has 2 aromatic rings. The molecule has 0 radical (unpaired) electrons. The van der Waals surface area contributed by atoms with Gasteiger partial charge in [0.15, 0.2) is 0 Å². The van der Waals surface area contributed by atoms with E-state index in [4.69, 9.17) is 4.65 Å². The van der Waals surface area contributed by atoms with Gasteiger partial charge < -0.3 is 9.68 Å². The Bertz CT molecular complexity index is 536. The third-order valence-electron chi connectivity index (χ3n) is 3.19. The van der Waals surface area contributed by atoms with Crippen molar-refractivity contribution >= 4 is 12.6 Å². The van der Waals surface area contributed by atoms with Gasteiger partial charge in [0.25, 0.3) is 0 Å². The molecule has 84 valence electrons. The van der Waals surface area contributed by atoms with E-state index in [2.05, 4.69) is 31.2 Å². The zero-order valence-corrected chi connectivity index (χ0v) is 9.63. The van der Waals surface area contributed by atoms with Crippen molar-refractivity contribution in [3.05, 3.63) is 65.2 Å². The molecule has 2 aromatic carbocycles. The van der Waals surface area contributed by atoms with Crippen molar-refractivity contribution in [3.8, 4) is 0 Å². The Balaban J connectivity index is 2.04. The highest BCUT2D eigenvalue weighted by Gasteiger charge is 2.35. The van der Waals surface area contributed by atoms with E-state index in [0.29, 0.717) is 0 Å². The van der Waals surface area contributed by atoms with Gasteiger partial charge in [-0.1, -0.05) is 54.1 Å². The molecule has 1 unspecified atom stereocenters. The Kier molecular flexibility index (Phi) is 2.50. The molecule has 1 N–H and O–H groups in total. The quantitative estimate of drug-likeness (QED) is 0.748. The lowest BCUT2D eigenvalue weighted by molar-refractivity contribution is 0.226. The molecule has 0 amide bonds. The summed E-state index contributed by atoms with van der Waals surface area (Å²) in [5, 5.41) is 9.85. The molecule has 2 nitrogen and oxygen atoms in total. The Labute approximate surface area is 101 Å². The van der Waals surface area contributed by atoms with Gasteiger partial charge in [-0.15, -0.1) is 0 Å². The van der Waals surface area contributed by atoms with Crippen molar-refractivity contribution in [1.29, 1.82) is 0 Å². The molecule has 0 bridgehead atoms. The standard InChI is InChI=1S/C14H13BO2/c1-10-6-8-11(9-7-10)14-12-4-2-3-5-13(12)15(16)17-14/h2-9,14,16H,1H3. The predicted molar refractivity (Wildman–Crippen MR) is 68.2 cm³/mol. The first-order valence-electron chi connectivity index (χ1n) is 5.74. The normalized spacial score (nSPS) is 18.2. The first-order chi connectivity index (χ1) is 8.25. The topological polar surface area (TPSA) is 29.5 Å². The maximum absolute atomic E-state index is 9.85. The first kappa shape index (κ1) is 10.6. The van der Waals surface area contributed by atoms with E-state index in [1.165, 1.54) is 5.56 Å². The largest absolute Gasteiger partial charge is 0.492 e. The molecule has 0 fully saturated rings. The fourth-order valence-corrected chi connectivity index (χ4v) is 2.25. The summed E-state index contributed by atoms with van der Waals surface area (Å²) in [7, 11) is -0.808. The van der Waals surface area contributed by atoms with Gasteiger partial charge in [0, 0.05) is 0 Å². The van der Waals surface area contributed by atoms with Gasteiger partial charge in [0.2, 0.25) is 0 Å². The number of fused-ring (bicyclic) bond motifs is 1. The molecule has 17 heavy (non-hydrogen) atoms. The molecule has 0 spiro atoms. The molecule has 0 saturated carbocycles. The van der Waals surface area contributed by atoms with Crippen LogP contribution in [0.5, 0.6) is 0 Å². The van der Waals surface area contributed by atoms with Crippen LogP contribution < -0.4 is 5.46 Å². The van der Waals surface area contributed by atoms with Crippen molar-refractivity contribution in [3.63, 3.8) is 0 Å². The second kappa shape index (κ2) is 4.02. The van der Waals surface area contributed by atoms with Crippen molar-refractivity contribution < 1.29 is 9.68 Å². The minimum Gasteiger partial charge on any atom is -0.423 e. The van der Waals surface area contributed by atoms with E-state index in [-0.39, 0.29) is 6.10 Å². The Morgan fingerprint density at radius 2 is 1.76 bits per heavy atom. The van der Waals surface area contributed by atoms with Crippen LogP contribution in [-0.4, -0.2) is 12.1 Å². The summed E-state index contributed by atoms with van der Waals surface area (Å²) in [4.78, 5) is 0. The average Bonchev–Trinajstić information content (AvgIpc) is 2.69. The van der Waals surface area contributed by atoms with Gasteiger partial charge in [-0.25, -0.2) is 0 Å². The van der Waals surface area contributed by atoms with E-state index in [9.17, 15) is 5.02 Å². The predicted octanol–water partition coefficient (Wildman–Crippen LogP) is 1.80. The lowest BCUT2D eigenvalue weighted by Crippen LogP contribution is -2.27. The minimum absolute atomic E-state index is 0.151. The van der Waals surface area contributed by atoms with Crippen LogP contribution in [0.4, 0.5) is 0 Å². The van der Waals surface area contributed by atoms with Gasteiger partial charge in [-0.3, -0.25) is 0 Å². The molecule has 0 saturated heterocycles. The SMILES string of the molecule is Cc1ccc(C2OB(O)c3ccccc32)cc1. The van der Waals surface area contributed by atoms with Crippen LogP contribution in [0.2, 0.25) is 0 Å². The van der Waals surface area contributed by atoms with Crippen LogP contribution >= 0.6 is 0 Å². The van der Waals surface area contributed by atoms with E-state index < -0.39 is 7.12 Å².